The summed E-state index contributed by atoms with van der Waals surface area (Å²) in [6.07, 6.45) is 1.60. The Morgan fingerprint density at radius 3 is 2.78 bits per heavy atom. The van der Waals surface area contributed by atoms with Crippen molar-refractivity contribution in [2.75, 3.05) is 6.61 Å². The van der Waals surface area contributed by atoms with Crippen molar-refractivity contribution in [3.05, 3.63) is 58.3 Å². The van der Waals surface area contributed by atoms with Crippen molar-refractivity contribution in [1.29, 1.82) is 0 Å². The molecule has 0 saturated heterocycles. The molecule has 120 valence electrons. The van der Waals surface area contributed by atoms with E-state index in [2.05, 4.69) is 15.3 Å². The minimum Gasteiger partial charge on any atom is -0.484 e. The molecular formula is C17H19N3O3. The van der Waals surface area contributed by atoms with Crippen molar-refractivity contribution >= 4 is 5.91 Å². The van der Waals surface area contributed by atoms with Crippen LogP contribution < -0.4 is 15.6 Å². The van der Waals surface area contributed by atoms with Gasteiger partial charge in [0.15, 0.2) is 6.61 Å². The molecule has 6 heteroatoms. The molecule has 0 spiro atoms. The van der Waals surface area contributed by atoms with E-state index in [1.807, 2.05) is 30.3 Å². The van der Waals surface area contributed by atoms with Gasteiger partial charge in [0.2, 0.25) is 0 Å². The fourth-order valence-corrected chi connectivity index (χ4v) is 2.72. The van der Waals surface area contributed by atoms with Crippen LogP contribution in [0, 0.1) is 6.92 Å². The van der Waals surface area contributed by atoms with Crippen LogP contribution in [0.3, 0.4) is 0 Å². The number of ether oxygens (including phenoxy) is 1. The van der Waals surface area contributed by atoms with E-state index >= 15 is 0 Å². The SMILES string of the molecule is Cc1nc(C2CC(NC(=O)COc3ccccc3)C2)cc(=O)[nH]1. The molecule has 2 aromatic rings. The second-order valence-corrected chi connectivity index (χ2v) is 5.79. The van der Waals surface area contributed by atoms with Gasteiger partial charge in [0.05, 0.1) is 5.69 Å². The molecule has 0 radical (unpaired) electrons. The maximum absolute atomic E-state index is 11.9. The summed E-state index contributed by atoms with van der Waals surface area (Å²) in [6, 6.07) is 10.9. The zero-order chi connectivity index (χ0) is 16.2. The largest absolute Gasteiger partial charge is 0.484 e. The molecule has 2 N–H and O–H groups in total. The van der Waals surface area contributed by atoms with E-state index in [4.69, 9.17) is 4.74 Å². The lowest BCUT2D eigenvalue weighted by Gasteiger charge is -2.35. The van der Waals surface area contributed by atoms with Gasteiger partial charge in [0.1, 0.15) is 11.6 Å². The third-order valence-corrected chi connectivity index (χ3v) is 3.91. The van der Waals surface area contributed by atoms with Crippen LogP contribution in [0.15, 0.2) is 41.2 Å². The number of amides is 1. The van der Waals surface area contributed by atoms with Gasteiger partial charge in [0, 0.05) is 18.0 Å². The first-order valence-electron chi connectivity index (χ1n) is 7.65. The number of carbonyl (C=O) groups excluding carboxylic acids is 1. The molecule has 1 aliphatic rings. The van der Waals surface area contributed by atoms with Gasteiger partial charge in [-0.25, -0.2) is 4.98 Å². The molecule has 0 atom stereocenters. The summed E-state index contributed by atoms with van der Waals surface area (Å²) in [4.78, 5) is 30.3. The van der Waals surface area contributed by atoms with Crippen LogP contribution in [0.1, 0.15) is 30.3 Å². The van der Waals surface area contributed by atoms with Crippen molar-refractivity contribution in [2.45, 2.75) is 31.7 Å². The number of para-hydroxylation sites is 1. The van der Waals surface area contributed by atoms with E-state index in [1.165, 1.54) is 6.07 Å². The van der Waals surface area contributed by atoms with Gasteiger partial charge in [-0.1, -0.05) is 18.2 Å². The number of hydrogen-bond donors (Lipinski definition) is 2. The minimum atomic E-state index is -0.132. The predicted molar refractivity (Wildman–Crippen MR) is 85.4 cm³/mol. The Balaban J connectivity index is 1.44. The van der Waals surface area contributed by atoms with Crippen LogP contribution in [0.5, 0.6) is 5.75 Å². The highest BCUT2D eigenvalue weighted by atomic mass is 16.5. The van der Waals surface area contributed by atoms with Crippen LogP contribution in [0.2, 0.25) is 0 Å². The first-order chi connectivity index (χ1) is 11.1. The average molecular weight is 313 g/mol. The van der Waals surface area contributed by atoms with Crippen LogP contribution in [0.4, 0.5) is 0 Å². The number of H-pyrrole nitrogens is 1. The molecule has 3 rings (SSSR count). The van der Waals surface area contributed by atoms with E-state index in [1.54, 1.807) is 6.92 Å². The van der Waals surface area contributed by atoms with Crippen molar-refractivity contribution in [2.24, 2.45) is 0 Å². The van der Waals surface area contributed by atoms with Crippen molar-refractivity contribution in [3.63, 3.8) is 0 Å². The zero-order valence-electron chi connectivity index (χ0n) is 12.9. The third kappa shape index (κ3) is 3.97. The Morgan fingerprint density at radius 1 is 1.35 bits per heavy atom. The molecule has 1 aliphatic carbocycles. The van der Waals surface area contributed by atoms with Gasteiger partial charge in [0.25, 0.3) is 11.5 Å². The fourth-order valence-electron chi connectivity index (χ4n) is 2.72. The lowest BCUT2D eigenvalue weighted by Crippen LogP contribution is -2.45. The second kappa shape index (κ2) is 6.64. The number of hydrogen-bond acceptors (Lipinski definition) is 4. The third-order valence-electron chi connectivity index (χ3n) is 3.91. The standard InChI is InChI=1S/C17H19N3O3/c1-11-18-15(9-16(21)19-11)12-7-13(8-12)20-17(22)10-23-14-5-3-2-4-6-14/h2-6,9,12-13H,7-8,10H2,1H3,(H,20,22)(H,18,19,21). The topological polar surface area (TPSA) is 84.1 Å². The number of aromatic nitrogens is 2. The Kier molecular flexibility index (Phi) is 4.41. The highest BCUT2D eigenvalue weighted by molar-refractivity contribution is 5.78. The molecular weight excluding hydrogens is 294 g/mol. The lowest BCUT2D eigenvalue weighted by atomic mass is 9.78. The summed E-state index contributed by atoms with van der Waals surface area (Å²) in [7, 11) is 0. The Labute approximate surface area is 133 Å². The number of nitrogens with one attached hydrogen (secondary N) is 2. The summed E-state index contributed by atoms with van der Waals surface area (Å²) >= 11 is 0. The summed E-state index contributed by atoms with van der Waals surface area (Å²) in [5, 5.41) is 2.94. The quantitative estimate of drug-likeness (QED) is 0.876. The van der Waals surface area contributed by atoms with Gasteiger partial charge >= 0.3 is 0 Å². The minimum absolute atomic E-state index is 0.00748. The molecule has 1 fully saturated rings. The number of nitrogens with zero attached hydrogens (tertiary/aromatic N) is 1. The van der Waals surface area contributed by atoms with E-state index in [9.17, 15) is 9.59 Å². The van der Waals surface area contributed by atoms with Gasteiger partial charge < -0.3 is 15.0 Å². The summed E-state index contributed by atoms with van der Waals surface area (Å²) in [5.74, 6) is 1.40. The molecule has 1 heterocycles. The zero-order valence-corrected chi connectivity index (χ0v) is 12.9. The van der Waals surface area contributed by atoms with Gasteiger partial charge in [-0.05, 0) is 31.9 Å². The molecule has 1 saturated carbocycles. The molecule has 1 aromatic carbocycles. The number of aromatic amines is 1. The van der Waals surface area contributed by atoms with Crippen LogP contribution in [0.25, 0.3) is 0 Å². The van der Waals surface area contributed by atoms with E-state index < -0.39 is 0 Å². The number of carbonyl (C=O) groups is 1. The molecule has 23 heavy (non-hydrogen) atoms. The molecule has 0 aliphatic heterocycles. The van der Waals surface area contributed by atoms with E-state index in [-0.39, 0.29) is 30.0 Å². The maximum Gasteiger partial charge on any atom is 0.258 e. The van der Waals surface area contributed by atoms with Gasteiger partial charge in [-0.3, -0.25) is 9.59 Å². The highest BCUT2D eigenvalue weighted by Crippen LogP contribution is 2.35. The van der Waals surface area contributed by atoms with Crippen molar-refractivity contribution in [1.82, 2.24) is 15.3 Å². The van der Waals surface area contributed by atoms with Gasteiger partial charge in [-0.15, -0.1) is 0 Å². The molecule has 0 unspecified atom stereocenters. The maximum atomic E-state index is 11.9. The number of benzene rings is 1. The smallest absolute Gasteiger partial charge is 0.258 e. The Morgan fingerprint density at radius 2 is 2.09 bits per heavy atom. The first-order valence-corrected chi connectivity index (χ1v) is 7.65. The predicted octanol–water partition coefficient (Wildman–Crippen LogP) is 1.52. The number of rotatable bonds is 5. The Hall–Kier alpha value is -2.63. The summed E-state index contributed by atoms with van der Waals surface area (Å²) in [5.41, 5.74) is 0.675. The van der Waals surface area contributed by atoms with E-state index in [0.717, 1.165) is 18.5 Å². The van der Waals surface area contributed by atoms with Crippen LogP contribution in [-0.2, 0) is 4.79 Å². The summed E-state index contributed by atoms with van der Waals surface area (Å²) < 4.78 is 5.41. The molecule has 0 bridgehead atoms. The first kappa shape index (κ1) is 15.3. The highest BCUT2D eigenvalue weighted by Gasteiger charge is 2.32. The Bertz CT molecular complexity index is 736. The summed E-state index contributed by atoms with van der Waals surface area (Å²) in [6.45, 7) is 1.78. The van der Waals surface area contributed by atoms with Crippen LogP contribution in [-0.4, -0.2) is 28.5 Å². The van der Waals surface area contributed by atoms with Crippen molar-refractivity contribution < 1.29 is 9.53 Å². The average Bonchev–Trinajstić information content (AvgIpc) is 2.48. The molecule has 1 aromatic heterocycles. The normalized spacial score (nSPS) is 19.7. The number of aryl methyl sites for hydroxylation is 1. The molecule has 6 nitrogen and oxygen atoms in total. The lowest BCUT2D eigenvalue weighted by molar-refractivity contribution is -0.124. The fraction of sp³-hybridized carbons (Fsp3) is 0.353. The monoisotopic (exact) mass is 313 g/mol. The van der Waals surface area contributed by atoms with E-state index in [0.29, 0.717) is 11.6 Å². The van der Waals surface area contributed by atoms with Gasteiger partial charge in [-0.2, -0.15) is 0 Å². The van der Waals surface area contributed by atoms with Crippen molar-refractivity contribution in [3.8, 4) is 5.75 Å². The molecule has 1 amide bonds. The second-order valence-electron chi connectivity index (χ2n) is 5.79. The van der Waals surface area contributed by atoms with Crippen LogP contribution >= 0.6 is 0 Å².